The molecule has 0 saturated heterocycles. The lowest BCUT2D eigenvalue weighted by atomic mass is 9.93. The van der Waals surface area contributed by atoms with E-state index in [4.69, 9.17) is 9.47 Å². The zero-order valence-corrected chi connectivity index (χ0v) is 12.4. The summed E-state index contributed by atoms with van der Waals surface area (Å²) in [5.41, 5.74) is 2.78. The molecular weight excluding hydrogens is 296 g/mol. The van der Waals surface area contributed by atoms with Crippen molar-refractivity contribution in [2.45, 2.75) is 18.3 Å². The van der Waals surface area contributed by atoms with E-state index in [2.05, 4.69) is 0 Å². The smallest absolute Gasteiger partial charge is 0.335 e. The van der Waals surface area contributed by atoms with Gasteiger partial charge in [-0.1, -0.05) is 24.3 Å². The lowest BCUT2D eigenvalue weighted by molar-refractivity contribution is 0.0696. The summed E-state index contributed by atoms with van der Waals surface area (Å²) in [6, 6.07) is 10.9. The summed E-state index contributed by atoms with van der Waals surface area (Å²) in [4.78, 5) is 11.3. The van der Waals surface area contributed by atoms with Gasteiger partial charge in [-0.15, -0.1) is 0 Å². The third kappa shape index (κ3) is 2.24. The maximum atomic E-state index is 11.3. The number of hydrogen-bond donors (Lipinski definition) is 2. The number of aliphatic hydroxyl groups excluding tert-OH is 1. The Hall–Kier alpha value is -2.53. The summed E-state index contributed by atoms with van der Waals surface area (Å²) >= 11 is 0. The van der Waals surface area contributed by atoms with Gasteiger partial charge in [0.1, 0.15) is 0 Å². The molecule has 0 atom stereocenters. The molecule has 5 heteroatoms. The Balaban J connectivity index is 1.77. The maximum Gasteiger partial charge on any atom is 0.335 e. The zero-order chi connectivity index (χ0) is 16.0. The van der Waals surface area contributed by atoms with E-state index in [0.717, 1.165) is 24.0 Å². The normalized spacial score (nSPS) is 17.1. The van der Waals surface area contributed by atoms with E-state index >= 15 is 0 Å². The SMILES string of the molecule is O=C(O)c1cc2c(c(-c3ccc(C4(CO)CC4)cc3)c1)OCO2. The standard InChI is InChI=1S/C18H16O5/c19-9-18(5-6-18)13-3-1-11(2-4-13)14-7-12(17(20)21)8-15-16(14)23-10-22-15/h1-4,7-8,19H,5-6,9-10H2,(H,20,21). The predicted molar refractivity (Wildman–Crippen MR) is 83.0 cm³/mol. The fourth-order valence-corrected chi connectivity index (χ4v) is 3.04. The fourth-order valence-electron chi connectivity index (χ4n) is 3.04. The van der Waals surface area contributed by atoms with Crippen LogP contribution in [0.4, 0.5) is 0 Å². The van der Waals surface area contributed by atoms with Crippen molar-refractivity contribution in [3.05, 3.63) is 47.5 Å². The molecule has 1 saturated carbocycles. The predicted octanol–water partition coefficient (Wildman–Crippen LogP) is 2.80. The first kappa shape index (κ1) is 14.1. The maximum absolute atomic E-state index is 11.3. The molecule has 0 bridgehead atoms. The lowest BCUT2D eigenvalue weighted by Crippen LogP contribution is -2.11. The van der Waals surface area contributed by atoms with Gasteiger partial charge < -0.3 is 19.7 Å². The van der Waals surface area contributed by atoms with Crippen LogP contribution in [0.1, 0.15) is 28.8 Å². The Morgan fingerprint density at radius 1 is 1.13 bits per heavy atom. The molecule has 23 heavy (non-hydrogen) atoms. The molecule has 1 heterocycles. The van der Waals surface area contributed by atoms with Gasteiger partial charge in [0.25, 0.3) is 0 Å². The van der Waals surface area contributed by atoms with E-state index in [1.165, 1.54) is 6.07 Å². The Kier molecular flexibility index (Phi) is 3.06. The molecule has 0 spiro atoms. The van der Waals surface area contributed by atoms with Crippen molar-refractivity contribution in [3.63, 3.8) is 0 Å². The number of carboxylic acid groups (broad SMARTS) is 1. The quantitative estimate of drug-likeness (QED) is 0.908. The molecule has 1 aliphatic carbocycles. The van der Waals surface area contributed by atoms with Crippen LogP contribution in [0.15, 0.2) is 36.4 Å². The minimum atomic E-state index is -1.00. The number of fused-ring (bicyclic) bond motifs is 1. The molecule has 0 unspecified atom stereocenters. The third-order valence-electron chi connectivity index (χ3n) is 4.68. The molecule has 2 aliphatic rings. The first-order valence-corrected chi connectivity index (χ1v) is 7.52. The van der Waals surface area contributed by atoms with Gasteiger partial charge in [-0.3, -0.25) is 0 Å². The van der Waals surface area contributed by atoms with Crippen molar-refractivity contribution in [3.8, 4) is 22.6 Å². The number of ether oxygens (including phenoxy) is 2. The van der Waals surface area contributed by atoms with Crippen molar-refractivity contribution in [1.29, 1.82) is 0 Å². The van der Waals surface area contributed by atoms with Crippen LogP contribution < -0.4 is 9.47 Å². The number of carboxylic acids is 1. The highest BCUT2D eigenvalue weighted by Gasteiger charge is 2.43. The van der Waals surface area contributed by atoms with Crippen LogP contribution in [0.5, 0.6) is 11.5 Å². The monoisotopic (exact) mass is 312 g/mol. The summed E-state index contributed by atoms with van der Waals surface area (Å²) in [6.07, 6.45) is 2.01. The van der Waals surface area contributed by atoms with Crippen LogP contribution in [0, 0.1) is 0 Å². The van der Waals surface area contributed by atoms with Crippen LogP contribution >= 0.6 is 0 Å². The van der Waals surface area contributed by atoms with Gasteiger partial charge in [-0.2, -0.15) is 0 Å². The van der Waals surface area contributed by atoms with Crippen molar-refractivity contribution >= 4 is 5.97 Å². The number of aliphatic hydroxyl groups is 1. The minimum absolute atomic E-state index is 0.0804. The molecule has 1 aliphatic heterocycles. The summed E-state index contributed by atoms with van der Waals surface area (Å²) in [7, 11) is 0. The molecule has 1 fully saturated rings. The van der Waals surface area contributed by atoms with E-state index in [1.54, 1.807) is 6.07 Å². The minimum Gasteiger partial charge on any atom is -0.478 e. The van der Waals surface area contributed by atoms with Crippen LogP contribution in [-0.2, 0) is 5.41 Å². The van der Waals surface area contributed by atoms with Gasteiger partial charge in [-0.25, -0.2) is 4.79 Å². The lowest BCUT2D eigenvalue weighted by Gasteiger charge is -2.13. The molecule has 0 aromatic heterocycles. The first-order valence-electron chi connectivity index (χ1n) is 7.52. The van der Waals surface area contributed by atoms with E-state index in [0.29, 0.717) is 17.1 Å². The Bertz CT molecular complexity index is 775. The number of rotatable bonds is 4. The van der Waals surface area contributed by atoms with E-state index in [9.17, 15) is 15.0 Å². The van der Waals surface area contributed by atoms with Crippen LogP contribution in [0.3, 0.4) is 0 Å². The molecule has 2 aromatic rings. The Morgan fingerprint density at radius 2 is 1.87 bits per heavy atom. The highest BCUT2D eigenvalue weighted by Crippen LogP contribution is 2.48. The third-order valence-corrected chi connectivity index (χ3v) is 4.68. The number of aromatic carboxylic acids is 1. The molecule has 0 radical (unpaired) electrons. The Morgan fingerprint density at radius 3 is 2.48 bits per heavy atom. The van der Waals surface area contributed by atoms with Gasteiger partial charge in [0.05, 0.1) is 12.2 Å². The topological polar surface area (TPSA) is 76.0 Å². The van der Waals surface area contributed by atoms with E-state index in [1.807, 2.05) is 24.3 Å². The fraction of sp³-hybridized carbons (Fsp3) is 0.278. The average Bonchev–Trinajstić information content (AvgIpc) is 3.23. The summed E-state index contributed by atoms with van der Waals surface area (Å²) in [5.74, 6) is 0.0300. The van der Waals surface area contributed by atoms with Crippen LogP contribution in [-0.4, -0.2) is 29.6 Å². The summed E-state index contributed by atoms with van der Waals surface area (Å²) < 4.78 is 10.8. The summed E-state index contributed by atoms with van der Waals surface area (Å²) in [6.45, 7) is 0.254. The molecule has 2 N–H and O–H groups in total. The van der Waals surface area contributed by atoms with Gasteiger partial charge in [0, 0.05) is 11.0 Å². The van der Waals surface area contributed by atoms with Crippen molar-refractivity contribution in [2.75, 3.05) is 13.4 Å². The van der Waals surface area contributed by atoms with Gasteiger partial charge in [0.2, 0.25) is 6.79 Å². The summed E-state index contributed by atoms with van der Waals surface area (Å²) in [5, 5.41) is 18.8. The van der Waals surface area contributed by atoms with E-state index < -0.39 is 5.97 Å². The second-order valence-electron chi connectivity index (χ2n) is 6.08. The molecule has 0 amide bonds. The number of hydrogen-bond acceptors (Lipinski definition) is 4. The van der Waals surface area contributed by atoms with Crippen LogP contribution in [0.25, 0.3) is 11.1 Å². The van der Waals surface area contributed by atoms with Gasteiger partial charge in [-0.05, 0) is 36.1 Å². The first-order chi connectivity index (χ1) is 11.1. The molecule has 4 rings (SSSR count). The molecular formula is C18H16O5. The zero-order valence-electron chi connectivity index (χ0n) is 12.4. The number of carbonyl (C=O) groups is 1. The number of benzene rings is 2. The van der Waals surface area contributed by atoms with Crippen molar-refractivity contribution < 1.29 is 24.5 Å². The second-order valence-corrected chi connectivity index (χ2v) is 6.08. The van der Waals surface area contributed by atoms with E-state index in [-0.39, 0.29) is 24.4 Å². The molecule has 118 valence electrons. The van der Waals surface area contributed by atoms with Gasteiger partial charge >= 0.3 is 5.97 Å². The van der Waals surface area contributed by atoms with Crippen molar-refractivity contribution in [2.24, 2.45) is 0 Å². The average molecular weight is 312 g/mol. The Labute approximate surface area is 133 Å². The van der Waals surface area contributed by atoms with Crippen molar-refractivity contribution in [1.82, 2.24) is 0 Å². The van der Waals surface area contributed by atoms with Crippen LogP contribution in [0.2, 0.25) is 0 Å². The molecule has 2 aromatic carbocycles. The van der Waals surface area contributed by atoms with Gasteiger partial charge in [0.15, 0.2) is 11.5 Å². The highest BCUT2D eigenvalue weighted by molar-refractivity contribution is 5.92. The molecule has 5 nitrogen and oxygen atoms in total. The highest BCUT2D eigenvalue weighted by atomic mass is 16.7. The largest absolute Gasteiger partial charge is 0.478 e. The second kappa shape index (κ2) is 4.99.